The number of ether oxygens (including phenoxy) is 1. The summed E-state index contributed by atoms with van der Waals surface area (Å²) in [5.74, 6) is 0. The number of hydrogen-bond donors (Lipinski definition) is 1. The molecule has 0 heterocycles. The Hall–Kier alpha value is -2.24. The van der Waals surface area contributed by atoms with Crippen LogP contribution in [0.2, 0.25) is 0 Å². The zero-order valence-corrected chi connectivity index (χ0v) is 13.7. The summed E-state index contributed by atoms with van der Waals surface area (Å²) in [4.78, 5) is 25.2. The molecular formula is C16H25N3O3. The quantitative estimate of drug-likeness (QED) is 0.748. The molecule has 0 fully saturated rings. The van der Waals surface area contributed by atoms with Gasteiger partial charge in [0.2, 0.25) is 6.41 Å². The second-order valence-corrected chi connectivity index (χ2v) is 5.56. The van der Waals surface area contributed by atoms with E-state index in [1.807, 2.05) is 24.3 Å². The maximum atomic E-state index is 11.8. The Morgan fingerprint density at radius 2 is 1.86 bits per heavy atom. The third-order valence-corrected chi connectivity index (χ3v) is 3.05. The fourth-order valence-electron chi connectivity index (χ4n) is 1.74. The van der Waals surface area contributed by atoms with Crippen molar-refractivity contribution in [1.82, 2.24) is 9.80 Å². The van der Waals surface area contributed by atoms with Gasteiger partial charge in [0.15, 0.2) is 0 Å². The van der Waals surface area contributed by atoms with Crippen LogP contribution in [0, 0.1) is 0 Å². The fraction of sp³-hybridized carbons (Fsp3) is 0.500. The van der Waals surface area contributed by atoms with Crippen LogP contribution in [0.15, 0.2) is 24.3 Å². The highest BCUT2D eigenvalue weighted by molar-refractivity contribution is 5.67. The SMILES string of the molecule is CC(C)Nc1ccc(COC(=O)N(C)CCN(C)C=O)cc1. The van der Waals surface area contributed by atoms with E-state index in [9.17, 15) is 9.59 Å². The average molecular weight is 307 g/mol. The van der Waals surface area contributed by atoms with E-state index in [-0.39, 0.29) is 6.61 Å². The maximum Gasteiger partial charge on any atom is 0.409 e. The zero-order chi connectivity index (χ0) is 16.5. The van der Waals surface area contributed by atoms with Crippen molar-refractivity contribution >= 4 is 18.2 Å². The van der Waals surface area contributed by atoms with E-state index in [4.69, 9.17) is 4.74 Å². The molecule has 0 saturated carbocycles. The summed E-state index contributed by atoms with van der Waals surface area (Å²) < 4.78 is 5.24. The first kappa shape index (κ1) is 17.8. The second-order valence-electron chi connectivity index (χ2n) is 5.56. The average Bonchev–Trinajstić information content (AvgIpc) is 2.50. The minimum absolute atomic E-state index is 0.231. The van der Waals surface area contributed by atoms with E-state index in [0.717, 1.165) is 17.7 Å². The normalized spacial score (nSPS) is 10.2. The minimum Gasteiger partial charge on any atom is -0.445 e. The molecule has 6 heteroatoms. The predicted molar refractivity (Wildman–Crippen MR) is 86.7 cm³/mol. The summed E-state index contributed by atoms with van der Waals surface area (Å²) in [5, 5.41) is 3.30. The van der Waals surface area contributed by atoms with Crippen molar-refractivity contribution < 1.29 is 14.3 Å². The molecule has 0 aliphatic heterocycles. The number of benzene rings is 1. The molecule has 0 aromatic heterocycles. The number of carbonyl (C=O) groups is 2. The molecule has 0 atom stereocenters. The van der Waals surface area contributed by atoms with Gasteiger partial charge >= 0.3 is 6.09 Å². The summed E-state index contributed by atoms with van der Waals surface area (Å²) in [6.45, 7) is 5.30. The Morgan fingerprint density at radius 1 is 1.23 bits per heavy atom. The smallest absolute Gasteiger partial charge is 0.409 e. The van der Waals surface area contributed by atoms with E-state index in [1.54, 1.807) is 14.1 Å². The number of hydrogen-bond acceptors (Lipinski definition) is 4. The molecule has 0 radical (unpaired) electrons. The summed E-state index contributed by atoms with van der Waals surface area (Å²) in [6, 6.07) is 8.16. The number of carbonyl (C=O) groups excluding carboxylic acids is 2. The highest BCUT2D eigenvalue weighted by Gasteiger charge is 2.10. The van der Waals surface area contributed by atoms with E-state index in [1.165, 1.54) is 9.80 Å². The third-order valence-electron chi connectivity index (χ3n) is 3.05. The van der Waals surface area contributed by atoms with Crippen molar-refractivity contribution in [2.45, 2.75) is 26.5 Å². The van der Waals surface area contributed by atoms with Crippen LogP contribution in [0.5, 0.6) is 0 Å². The van der Waals surface area contributed by atoms with Gasteiger partial charge in [0.05, 0.1) is 0 Å². The number of nitrogens with one attached hydrogen (secondary N) is 1. The first-order valence-electron chi connectivity index (χ1n) is 7.31. The highest BCUT2D eigenvalue weighted by atomic mass is 16.6. The first-order chi connectivity index (χ1) is 10.4. The van der Waals surface area contributed by atoms with Gasteiger partial charge in [0.25, 0.3) is 0 Å². The molecule has 1 rings (SSSR count). The van der Waals surface area contributed by atoms with Crippen molar-refractivity contribution in [1.29, 1.82) is 0 Å². The standard InChI is InChI=1S/C16H25N3O3/c1-13(2)17-15-7-5-14(6-8-15)11-22-16(21)19(4)10-9-18(3)12-20/h5-8,12-13,17H,9-11H2,1-4H3. The maximum absolute atomic E-state index is 11.8. The second kappa shape index (κ2) is 8.92. The van der Waals surface area contributed by atoms with Crippen molar-refractivity contribution in [3.05, 3.63) is 29.8 Å². The largest absolute Gasteiger partial charge is 0.445 e. The number of anilines is 1. The Labute approximate surface area is 132 Å². The summed E-state index contributed by atoms with van der Waals surface area (Å²) >= 11 is 0. The van der Waals surface area contributed by atoms with Crippen LogP contribution in [0.25, 0.3) is 0 Å². The lowest BCUT2D eigenvalue weighted by atomic mass is 10.2. The van der Waals surface area contributed by atoms with E-state index < -0.39 is 6.09 Å². The van der Waals surface area contributed by atoms with Gasteiger partial charge in [-0.1, -0.05) is 12.1 Å². The van der Waals surface area contributed by atoms with Crippen LogP contribution in [-0.4, -0.2) is 55.5 Å². The van der Waals surface area contributed by atoms with Gasteiger partial charge in [0, 0.05) is 38.9 Å². The van der Waals surface area contributed by atoms with Gasteiger partial charge in [-0.25, -0.2) is 4.79 Å². The molecule has 22 heavy (non-hydrogen) atoms. The third kappa shape index (κ3) is 6.47. The van der Waals surface area contributed by atoms with Gasteiger partial charge in [-0.3, -0.25) is 4.79 Å². The molecule has 0 unspecified atom stereocenters. The molecule has 122 valence electrons. The molecule has 2 amide bonds. The Balaban J connectivity index is 2.38. The zero-order valence-electron chi connectivity index (χ0n) is 13.7. The Morgan fingerprint density at radius 3 is 2.41 bits per heavy atom. The Kier molecular flexibility index (Phi) is 7.22. The molecule has 1 aromatic carbocycles. The van der Waals surface area contributed by atoms with E-state index in [0.29, 0.717) is 19.1 Å². The van der Waals surface area contributed by atoms with Gasteiger partial charge in [-0.2, -0.15) is 0 Å². The fourth-order valence-corrected chi connectivity index (χ4v) is 1.74. The lowest BCUT2D eigenvalue weighted by Crippen LogP contribution is -2.34. The molecule has 0 saturated heterocycles. The van der Waals surface area contributed by atoms with E-state index >= 15 is 0 Å². The predicted octanol–water partition coefficient (Wildman–Crippen LogP) is 2.16. The number of rotatable bonds is 8. The molecule has 0 aliphatic carbocycles. The van der Waals surface area contributed by atoms with Gasteiger partial charge in [-0.05, 0) is 31.5 Å². The summed E-state index contributed by atoms with van der Waals surface area (Å²) in [6.07, 6.45) is 0.329. The first-order valence-corrected chi connectivity index (χ1v) is 7.31. The van der Waals surface area contributed by atoms with Crippen LogP contribution in [0.4, 0.5) is 10.5 Å². The minimum atomic E-state index is -0.399. The molecule has 0 aliphatic rings. The lowest BCUT2D eigenvalue weighted by molar-refractivity contribution is -0.117. The molecule has 1 aromatic rings. The van der Waals surface area contributed by atoms with Crippen LogP contribution in [0.1, 0.15) is 19.4 Å². The molecule has 0 bridgehead atoms. The monoisotopic (exact) mass is 307 g/mol. The molecular weight excluding hydrogens is 282 g/mol. The van der Waals surface area contributed by atoms with Crippen molar-refractivity contribution in [2.24, 2.45) is 0 Å². The Bertz CT molecular complexity index is 474. The van der Waals surface area contributed by atoms with Crippen LogP contribution >= 0.6 is 0 Å². The van der Waals surface area contributed by atoms with Gasteiger partial charge < -0.3 is 19.9 Å². The molecule has 6 nitrogen and oxygen atoms in total. The van der Waals surface area contributed by atoms with Gasteiger partial charge in [-0.15, -0.1) is 0 Å². The number of likely N-dealkylation sites (N-methyl/N-ethyl adjacent to an activating group) is 2. The van der Waals surface area contributed by atoms with Crippen molar-refractivity contribution in [3.63, 3.8) is 0 Å². The topological polar surface area (TPSA) is 61.9 Å². The summed E-state index contributed by atoms with van der Waals surface area (Å²) in [7, 11) is 3.32. The molecule has 1 N–H and O–H groups in total. The molecule has 0 spiro atoms. The number of amides is 2. The van der Waals surface area contributed by atoms with Crippen molar-refractivity contribution in [2.75, 3.05) is 32.5 Å². The number of nitrogens with zero attached hydrogens (tertiary/aromatic N) is 2. The van der Waals surface area contributed by atoms with E-state index in [2.05, 4.69) is 19.2 Å². The van der Waals surface area contributed by atoms with Crippen LogP contribution in [0.3, 0.4) is 0 Å². The van der Waals surface area contributed by atoms with Gasteiger partial charge in [0.1, 0.15) is 6.61 Å². The summed E-state index contributed by atoms with van der Waals surface area (Å²) in [5.41, 5.74) is 1.97. The van der Waals surface area contributed by atoms with Crippen LogP contribution < -0.4 is 5.32 Å². The van der Waals surface area contributed by atoms with Crippen molar-refractivity contribution in [3.8, 4) is 0 Å². The lowest BCUT2D eigenvalue weighted by Gasteiger charge is -2.19. The van der Waals surface area contributed by atoms with Crippen LogP contribution in [-0.2, 0) is 16.1 Å². The highest BCUT2D eigenvalue weighted by Crippen LogP contribution is 2.11.